The second-order valence-electron chi connectivity index (χ2n) is 6.25. The maximum absolute atomic E-state index is 12.8. The average Bonchev–Trinajstić information content (AvgIpc) is 3.11. The van der Waals surface area contributed by atoms with E-state index in [9.17, 15) is 9.59 Å². The summed E-state index contributed by atoms with van der Waals surface area (Å²) in [6.07, 6.45) is 0. The molecule has 1 heterocycles. The molecular formula is C19H24N2O3S. The molecule has 1 atom stereocenters. The lowest BCUT2D eigenvalue weighted by Gasteiger charge is -2.27. The van der Waals surface area contributed by atoms with E-state index in [0.29, 0.717) is 17.9 Å². The minimum absolute atomic E-state index is 0.0142. The van der Waals surface area contributed by atoms with Crippen molar-refractivity contribution >= 4 is 23.2 Å². The van der Waals surface area contributed by atoms with Gasteiger partial charge in [-0.05, 0) is 52.6 Å². The number of thiophene rings is 1. The Balaban J connectivity index is 2.05. The zero-order chi connectivity index (χ0) is 18.4. The van der Waals surface area contributed by atoms with E-state index in [2.05, 4.69) is 5.32 Å². The fraction of sp³-hybridized carbons (Fsp3) is 0.368. The lowest BCUT2D eigenvalue weighted by Crippen LogP contribution is -2.50. The summed E-state index contributed by atoms with van der Waals surface area (Å²) in [5, 5.41) is 6.87. The maximum Gasteiger partial charge on any atom is 0.251 e. The number of carbonyl (C=O) groups excluding carboxylic acids is 2. The van der Waals surface area contributed by atoms with Gasteiger partial charge in [-0.2, -0.15) is 11.3 Å². The molecule has 0 aliphatic heterocycles. The number of benzene rings is 1. The number of nitrogens with one attached hydrogen (secondary N) is 1. The summed E-state index contributed by atoms with van der Waals surface area (Å²) in [6, 6.07) is 8.25. The average molecular weight is 360 g/mol. The van der Waals surface area contributed by atoms with Gasteiger partial charge in [0.25, 0.3) is 5.91 Å². The number of hydrogen-bond acceptors (Lipinski definition) is 4. The first-order valence-corrected chi connectivity index (χ1v) is 9.07. The molecule has 0 saturated heterocycles. The minimum atomic E-state index is -0.571. The topological polar surface area (TPSA) is 58.6 Å². The van der Waals surface area contributed by atoms with E-state index in [-0.39, 0.29) is 17.7 Å². The largest absolute Gasteiger partial charge is 0.497 e. The summed E-state index contributed by atoms with van der Waals surface area (Å²) in [4.78, 5) is 26.9. The summed E-state index contributed by atoms with van der Waals surface area (Å²) in [6.45, 7) is 4.38. The van der Waals surface area contributed by atoms with E-state index >= 15 is 0 Å². The molecule has 2 rings (SSSR count). The van der Waals surface area contributed by atoms with E-state index in [1.54, 1.807) is 54.7 Å². The number of amides is 2. The Hall–Kier alpha value is -2.34. The van der Waals surface area contributed by atoms with Crippen molar-refractivity contribution in [2.75, 3.05) is 14.2 Å². The van der Waals surface area contributed by atoms with Crippen LogP contribution in [0.15, 0.2) is 41.1 Å². The van der Waals surface area contributed by atoms with Gasteiger partial charge >= 0.3 is 0 Å². The predicted molar refractivity (Wildman–Crippen MR) is 99.9 cm³/mol. The highest BCUT2D eigenvalue weighted by Crippen LogP contribution is 2.14. The van der Waals surface area contributed by atoms with Gasteiger partial charge in [-0.25, -0.2) is 0 Å². The van der Waals surface area contributed by atoms with Crippen LogP contribution in [-0.2, 0) is 11.3 Å². The molecule has 0 spiro atoms. The van der Waals surface area contributed by atoms with E-state index < -0.39 is 6.04 Å². The molecule has 5 nitrogen and oxygen atoms in total. The number of rotatable bonds is 7. The molecule has 0 radical (unpaired) electrons. The van der Waals surface area contributed by atoms with Crippen molar-refractivity contribution < 1.29 is 14.3 Å². The first-order valence-electron chi connectivity index (χ1n) is 8.13. The molecule has 0 bridgehead atoms. The number of hydrogen-bond donors (Lipinski definition) is 1. The third-order valence-corrected chi connectivity index (χ3v) is 4.68. The van der Waals surface area contributed by atoms with Crippen molar-refractivity contribution in [3.63, 3.8) is 0 Å². The number of methoxy groups -OCH3 is 1. The summed E-state index contributed by atoms with van der Waals surface area (Å²) in [5.74, 6) is 0.310. The van der Waals surface area contributed by atoms with Gasteiger partial charge in [0, 0.05) is 19.2 Å². The standard InChI is InChI=1S/C19H24N2O3S/c1-13(2)17(19(23)21(3)11-14-9-10-25-12-14)20-18(22)15-5-7-16(24-4)8-6-15/h5-10,12-13,17H,11H2,1-4H3,(H,20,22)/t17-/m0/s1. The predicted octanol–water partition coefficient (Wildman–Crippen LogP) is 3.17. The molecule has 1 aromatic heterocycles. The molecule has 2 amide bonds. The maximum atomic E-state index is 12.8. The van der Waals surface area contributed by atoms with Gasteiger partial charge in [-0.1, -0.05) is 13.8 Å². The van der Waals surface area contributed by atoms with Crippen LogP contribution in [0, 0.1) is 5.92 Å². The van der Waals surface area contributed by atoms with Crippen LogP contribution in [0.4, 0.5) is 0 Å². The van der Waals surface area contributed by atoms with Crippen LogP contribution >= 0.6 is 11.3 Å². The first kappa shape index (κ1) is 19.0. The Morgan fingerprint density at radius 3 is 2.40 bits per heavy atom. The minimum Gasteiger partial charge on any atom is -0.497 e. The molecule has 2 aromatic rings. The van der Waals surface area contributed by atoms with Gasteiger partial charge in [0.15, 0.2) is 0 Å². The van der Waals surface area contributed by atoms with Crippen LogP contribution in [0.1, 0.15) is 29.8 Å². The Labute approximate surface area is 152 Å². The first-order chi connectivity index (χ1) is 11.9. The molecule has 0 fully saturated rings. The van der Waals surface area contributed by atoms with Crippen LogP contribution in [0.25, 0.3) is 0 Å². The van der Waals surface area contributed by atoms with Crippen LogP contribution in [-0.4, -0.2) is 36.9 Å². The molecule has 25 heavy (non-hydrogen) atoms. The number of nitrogens with zero attached hydrogens (tertiary/aromatic N) is 1. The van der Waals surface area contributed by atoms with Gasteiger partial charge in [0.05, 0.1) is 7.11 Å². The molecule has 6 heteroatoms. The van der Waals surface area contributed by atoms with Gasteiger partial charge in [0.1, 0.15) is 11.8 Å². The van der Waals surface area contributed by atoms with Crippen molar-refractivity contribution in [1.29, 1.82) is 0 Å². The van der Waals surface area contributed by atoms with E-state index in [1.165, 1.54) is 0 Å². The second-order valence-corrected chi connectivity index (χ2v) is 7.03. The van der Waals surface area contributed by atoms with Gasteiger partial charge in [-0.3, -0.25) is 9.59 Å². The number of carbonyl (C=O) groups is 2. The van der Waals surface area contributed by atoms with Crippen LogP contribution in [0.2, 0.25) is 0 Å². The molecule has 134 valence electrons. The van der Waals surface area contributed by atoms with Crippen molar-refractivity contribution in [3.8, 4) is 5.75 Å². The zero-order valence-electron chi connectivity index (χ0n) is 15.0. The normalized spacial score (nSPS) is 11.9. The third-order valence-electron chi connectivity index (χ3n) is 3.95. The van der Waals surface area contributed by atoms with Crippen molar-refractivity contribution in [3.05, 3.63) is 52.2 Å². The highest BCUT2D eigenvalue weighted by atomic mass is 32.1. The fourth-order valence-corrected chi connectivity index (χ4v) is 3.11. The molecular weight excluding hydrogens is 336 g/mol. The van der Waals surface area contributed by atoms with Gasteiger partial charge < -0.3 is 15.0 Å². The number of ether oxygens (including phenoxy) is 1. The van der Waals surface area contributed by atoms with E-state index in [0.717, 1.165) is 5.56 Å². The van der Waals surface area contributed by atoms with E-state index in [1.807, 2.05) is 30.7 Å². The van der Waals surface area contributed by atoms with Crippen molar-refractivity contribution in [2.24, 2.45) is 5.92 Å². The summed E-state index contributed by atoms with van der Waals surface area (Å²) in [5.41, 5.74) is 1.59. The van der Waals surface area contributed by atoms with Gasteiger partial charge in [-0.15, -0.1) is 0 Å². The zero-order valence-corrected chi connectivity index (χ0v) is 15.8. The molecule has 1 aromatic carbocycles. The Morgan fingerprint density at radius 1 is 1.20 bits per heavy atom. The smallest absolute Gasteiger partial charge is 0.251 e. The van der Waals surface area contributed by atoms with Crippen molar-refractivity contribution in [1.82, 2.24) is 10.2 Å². The summed E-state index contributed by atoms with van der Waals surface area (Å²) < 4.78 is 5.10. The highest BCUT2D eigenvalue weighted by Gasteiger charge is 2.27. The number of likely N-dealkylation sites (N-methyl/N-ethyl adjacent to an activating group) is 1. The SMILES string of the molecule is COc1ccc(C(=O)N[C@H](C(=O)N(C)Cc2ccsc2)C(C)C)cc1. The van der Waals surface area contributed by atoms with E-state index in [4.69, 9.17) is 4.74 Å². The molecule has 0 aliphatic carbocycles. The quantitative estimate of drug-likeness (QED) is 0.825. The van der Waals surface area contributed by atoms with Crippen LogP contribution in [0.5, 0.6) is 5.75 Å². The fourth-order valence-electron chi connectivity index (χ4n) is 2.45. The third kappa shape index (κ3) is 5.06. The highest BCUT2D eigenvalue weighted by molar-refractivity contribution is 7.07. The Kier molecular flexibility index (Phi) is 6.58. The second kappa shape index (κ2) is 8.67. The van der Waals surface area contributed by atoms with Crippen molar-refractivity contribution in [2.45, 2.75) is 26.4 Å². The van der Waals surface area contributed by atoms with Gasteiger partial charge in [0.2, 0.25) is 5.91 Å². The molecule has 1 N–H and O–H groups in total. The summed E-state index contributed by atoms with van der Waals surface area (Å²) >= 11 is 1.60. The lowest BCUT2D eigenvalue weighted by molar-refractivity contribution is -0.133. The molecule has 0 saturated carbocycles. The molecule has 0 unspecified atom stereocenters. The lowest BCUT2D eigenvalue weighted by atomic mass is 10.0. The van der Waals surface area contributed by atoms with Crippen LogP contribution < -0.4 is 10.1 Å². The monoisotopic (exact) mass is 360 g/mol. The Morgan fingerprint density at radius 2 is 1.88 bits per heavy atom. The Bertz CT molecular complexity index is 696. The van der Waals surface area contributed by atoms with Crippen LogP contribution in [0.3, 0.4) is 0 Å². The molecule has 0 aliphatic rings. The summed E-state index contributed by atoms with van der Waals surface area (Å²) in [7, 11) is 3.33.